The Balaban J connectivity index is 1.70. The van der Waals surface area contributed by atoms with Crippen LogP contribution in [0.4, 0.5) is 0 Å². The molecule has 130 valence electrons. The lowest BCUT2D eigenvalue weighted by molar-refractivity contribution is -0.118. The summed E-state index contributed by atoms with van der Waals surface area (Å²) in [5.74, 6) is 0.471. The Bertz CT molecular complexity index is 948. The number of fused-ring (bicyclic) bond motifs is 1. The average molecular weight is 343 g/mol. The maximum absolute atomic E-state index is 11.6. The first-order chi connectivity index (χ1) is 12.6. The number of aromatic hydroxyl groups is 1. The molecule has 26 heavy (non-hydrogen) atoms. The van der Waals surface area contributed by atoms with E-state index in [0.29, 0.717) is 0 Å². The summed E-state index contributed by atoms with van der Waals surface area (Å²) in [6.45, 7) is 1.54. The van der Waals surface area contributed by atoms with Crippen LogP contribution < -0.4 is 5.32 Å². The average Bonchev–Trinajstić information content (AvgIpc) is 3.21. The van der Waals surface area contributed by atoms with E-state index in [1.165, 1.54) is 22.3 Å². The summed E-state index contributed by atoms with van der Waals surface area (Å²) in [5, 5.41) is 12.5. The third-order valence-electron chi connectivity index (χ3n) is 4.99. The van der Waals surface area contributed by atoms with Crippen molar-refractivity contribution >= 4 is 12.0 Å². The maximum Gasteiger partial charge on any atom is 0.221 e. The lowest BCUT2D eigenvalue weighted by Crippen LogP contribution is -2.21. The highest BCUT2D eigenvalue weighted by atomic mass is 16.3. The minimum Gasteiger partial charge on any atom is -0.508 e. The molecule has 1 amide bonds. The van der Waals surface area contributed by atoms with E-state index in [0.717, 1.165) is 24.1 Å². The molecule has 0 fully saturated rings. The number of benzene rings is 2. The van der Waals surface area contributed by atoms with Crippen molar-refractivity contribution < 1.29 is 9.90 Å². The summed E-state index contributed by atoms with van der Waals surface area (Å²) in [7, 11) is 0. The van der Waals surface area contributed by atoms with E-state index in [1.807, 2.05) is 12.1 Å². The molecule has 3 heteroatoms. The van der Waals surface area contributed by atoms with Gasteiger partial charge in [0.25, 0.3) is 0 Å². The molecule has 2 aromatic rings. The van der Waals surface area contributed by atoms with Gasteiger partial charge in [0, 0.05) is 18.5 Å². The van der Waals surface area contributed by atoms with Gasteiger partial charge in [0.15, 0.2) is 0 Å². The normalized spacial score (nSPS) is 18.0. The molecule has 2 aliphatic rings. The summed E-state index contributed by atoms with van der Waals surface area (Å²) < 4.78 is 0. The van der Waals surface area contributed by atoms with E-state index < -0.39 is 0 Å². The minimum absolute atomic E-state index is 0.0461. The Labute approximate surface area is 153 Å². The van der Waals surface area contributed by atoms with Crippen LogP contribution in [-0.2, 0) is 11.2 Å². The molecule has 0 saturated carbocycles. The molecule has 0 heterocycles. The summed E-state index contributed by atoms with van der Waals surface area (Å²) in [5.41, 5.74) is 7.01. The number of hydrogen-bond donors (Lipinski definition) is 2. The minimum atomic E-state index is -0.0461. The van der Waals surface area contributed by atoms with Crippen LogP contribution in [0.25, 0.3) is 6.08 Å². The lowest BCUT2D eigenvalue weighted by Gasteiger charge is -2.20. The zero-order chi connectivity index (χ0) is 18.1. The highest BCUT2D eigenvalue weighted by Gasteiger charge is 2.29. The molecular formula is C23H21NO2. The van der Waals surface area contributed by atoms with Crippen molar-refractivity contribution in [3.63, 3.8) is 0 Å². The molecule has 0 saturated heterocycles. The summed E-state index contributed by atoms with van der Waals surface area (Å²) in [4.78, 5) is 11.6. The van der Waals surface area contributed by atoms with Gasteiger partial charge in [-0.2, -0.15) is 0 Å². The van der Waals surface area contributed by atoms with Gasteiger partial charge in [-0.1, -0.05) is 54.6 Å². The van der Waals surface area contributed by atoms with Crippen molar-refractivity contribution in [2.45, 2.75) is 25.7 Å². The first-order valence-corrected chi connectivity index (χ1v) is 8.89. The van der Waals surface area contributed by atoms with Crippen LogP contribution in [0.15, 0.2) is 77.5 Å². The number of amides is 1. The molecule has 3 nitrogen and oxygen atoms in total. The van der Waals surface area contributed by atoms with Crippen LogP contribution in [0.5, 0.6) is 5.75 Å². The van der Waals surface area contributed by atoms with Crippen molar-refractivity contribution in [2.24, 2.45) is 0 Å². The molecule has 0 bridgehead atoms. The van der Waals surface area contributed by atoms with Gasteiger partial charge in [-0.3, -0.25) is 4.79 Å². The maximum atomic E-state index is 11.6. The lowest BCUT2D eigenvalue weighted by atomic mass is 9.85. The first kappa shape index (κ1) is 16.4. The van der Waals surface area contributed by atoms with Crippen molar-refractivity contribution in [2.75, 3.05) is 0 Å². The number of allylic oxidation sites excluding steroid dienone is 3. The quantitative estimate of drug-likeness (QED) is 0.861. The van der Waals surface area contributed by atoms with Crippen molar-refractivity contribution in [3.05, 3.63) is 94.2 Å². The topological polar surface area (TPSA) is 49.3 Å². The summed E-state index contributed by atoms with van der Waals surface area (Å²) in [6.07, 6.45) is 8.19. The van der Waals surface area contributed by atoms with E-state index in [1.54, 1.807) is 19.1 Å². The number of nitrogens with one attached hydrogen (secondary N) is 1. The Morgan fingerprint density at radius 1 is 1.12 bits per heavy atom. The van der Waals surface area contributed by atoms with Crippen LogP contribution in [0.2, 0.25) is 0 Å². The fourth-order valence-electron chi connectivity index (χ4n) is 3.84. The van der Waals surface area contributed by atoms with Crippen LogP contribution in [-0.4, -0.2) is 11.0 Å². The van der Waals surface area contributed by atoms with Gasteiger partial charge in [-0.25, -0.2) is 0 Å². The third kappa shape index (κ3) is 3.08. The highest BCUT2D eigenvalue weighted by molar-refractivity contribution is 5.80. The largest absolute Gasteiger partial charge is 0.508 e. The smallest absolute Gasteiger partial charge is 0.221 e. The molecule has 0 radical (unpaired) electrons. The van der Waals surface area contributed by atoms with Crippen molar-refractivity contribution in [1.29, 1.82) is 0 Å². The number of phenolic OH excluding ortho intramolecular Hbond substituents is 1. The van der Waals surface area contributed by atoms with Crippen LogP contribution in [0.3, 0.4) is 0 Å². The predicted molar refractivity (Wildman–Crippen MR) is 104 cm³/mol. The van der Waals surface area contributed by atoms with Gasteiger partial charge < -0.3 is 10.4 Å². The van der Waals surface area contributed by atoms with E-state index in [9.17, 15) is 9.90 Å². The number of rotatable bonds is 4. The predicted octanol–water partition coefficient (Wildman–Crippen LogP) is 4.47. The summed E-state index contributed by atoms with van der Waals surface area (Å²) >= 11 is 0. The van der Waals surface area contributed by atoms with Gasteiger partial charge in [0.1, 0.15) is 5.75 Å². The van der Waals surface area contributed by atoms with Gasteiger partial charge in [-0.05, 0) is 52.8 Å². The molecule has 2 aliphatic carbocycles. The van der Waals surface area contributed by atoms with Gasteiger partial charge in [0.2, 0.25) is 5.91 Å². The first-order valence-electron chi connectivity index (χ1n) is 8.89. The molecule has 2 aromatic carbocycles. The second kappa shape index (κ2) is 6.68. The molecule has 1 unspecified atom stereocenters. The van der Waals surface area contributed by atoms with Gasteiger partial charge in [-0.15, -0.1) is 0 Å². The fraction of sp³-hybridized carbons (Fsp3) is 0.174. The Kier molecular flexibility index (Phi) is 4.21. The van der Waals surface area contributed by atoms with Crippen LogP contribution in [0, 0.1) is 0 Å². The van der Waals surface area contributed by atoms with Gasteiger partial charge in [0.05, 0.1) is 0 Å². The molecule has 2 N–H and O–H groups in total. The molecule has 0 aromatic heterocycles. The third-order valence-corrected chi connectivity index (χ3v) is 4.99. The van der Waals surface area contributed by atoms with Gasteiger partial charge >= 0.3 is 0 Å². The monoisotopic (exact) mass is 343 g/mol. The summed E-state index contributed by atoms with van der Waals surface area (Å²) in [6, 6.07) is 15.9. The molecule has 0 aliphatic heterocycles. The Hall–Kier alpha value is -3.07. The second-order valence-electron chi connectivity index (χ2n) is 6.80. The number of carbonyl (C=O) groups is 1. The van der Waals surface area contributed by atoms with E-state index in [-0.39, 0.29) is 17.6 Å². The van der Waals surface area contributed by atoms with Crippen molar-refractivity contribution in [3.8, 4) is 5.75 Å². The zero-order valence-electron chi connectivity index (χ0n) is 14.7. The standard InChI is InChI=1S/C23H21NO2/c1-15(25)24-23-8-4-7-20(23)22-14-17-5-2-3-6-19(17)21(22)13-16-9-11-18(26)12-10-16/h2-3,5-12,14,21,26H,4,13H2,1H3,(H,24,25). The molecular weight excluding hydrogens is 322 g/mol. The highest BCUT2D eigenvalue weighted by Crippen LogP contribution is 2.44. The SMILES string of the molecule is CC(=O)NC1=CCC=C1C1=Cc2ccccc2C1Cc1ccc(O)cc1. The number of hydrogen-bond acceptors (Lipinski definition) is 2. The zero-order valence-corrected chi connectivity index (χ0v) is 14.7. The van der Waals surface area contributed by atoms with E-state index in [2.05, 4.69) is 47.8 Å². The Morgan fingerprint density at radius 2 is 1.88 bits per heavy atom. The molecule has 4 rings (SSSR count). The van der Waals surface area contributed by atoms with Crippen LogP contribution in [0.1, 0.15) is 36.0 Å². The second-order valence-corrected chi connectivity index (χ2v) is 6.80. The number of carbonyl (C=O) groups excluding carboxylic acids is 1. The van der Waals surface area contributed by atoms with Crippen LogP contribution >= 0.6 is 0 Å². The fourth-order valence-corrected chi connectivity index (χ4v) is 3.84. The molecule has 0 spiro atoms. The molecule has 1 atom stereocenters. The Morgan fingerprint density at radius 3 is 2.65 bits per heavy atom. The number of phenols is 1. The van der Waals surface area contributed by atoms with E-state index >= 15 is 0 Å². The van der Waals surface area contributed by atoms with E-state index in [4.69, 9.17) is 0 Å². The van der Waals surface area contributed by atoms with Crippen molar-refractivity contribution in [1.82, 2.24) is 5.32 Å².